The van der Waals surface area contributed by atoms with Gasteiger partial charge in [-0.25, -0.2) is 4.98 Å². The Bertz CT molecular complexity index is 1060. The zero-order valence-electron chi connectivity index (χ0n) is 19.5. The van der Waals surface area contributed by atoms with Crippen molar-refractivity contribution < 1.29 is 14.3 Å². The molecule has 0 unspecified atom stereocenters. The van der Waals surface area contributed by atoms with Crippen LogP contribution in [0.4, 0.5) is 11.5 Å². The first-order valence-electron chi connectivity index (χ1n) is 11.9. The number of carbonyl (C=O) groups excluding carboxylic acids is 2. The number of hydrogen-bond donors (Lipinski definition) is 2. The molecular weight excluding hydrogens is 416 g/mol. The number of fused-ring (bicyclic) bond motifs is 1. The lowest BCUT2D eigenvalue weighted by Crippen LogP contribution is -2.51. The minimum atomic E-state index is -0.105. The fraction of sp³-hybridized carbons (Fsp3) is 0.500. The number of amides is 2. The molecule has 1 aromatic heterocycles. The van der Waals surface area contributed by atoms with Crippen molar-refractivity contribution in [2.45, 2.75) is 58.2 Å². The van der Waals surface area contributed by atoms with Gasteiger partial charge in [-0.1, -0.05) is 13.0 Å². The quantitative estimate of drug-likeness (QED) is 0.726. The third-order valence-electron chi connectivity index (χ3n) is 7.15. The largest absolute Gasteiger partial charge is 0.379 e. The fourth-order valence-corrected chi connectivity index (χ4v) is 5.41. The number of pyridine rings is 1. The lowest BCUT2D eigenvalue weighted by molar-refractivity contribution is -0.117. The Kier molecular flexibility index (Phi) is 5.83. The average Bonchev–Trinajstić information content (AvgIpc) is 3.50. The minimum Gasteiger partial charge on any atom is -0.379 e. The lowest BCUT2D eigenvalue weighted by atomic mass is 9.79. The minimum absolute atomic E-state index is 0.0471. The van der Waals surface area contributed by atoms with E-state index in [1.165, 1.54) is 0 Å². The zero-order valence-corrected chi connectivity index (χ0v) is 19.5. The number of aromatic nitrogens is 1. The number of nitrogens with zero attached hydrogens (tertiary/aromatic N) is 2. The third-order valence-corrected chi connectivity index (χ3v) is 7.15. The molecule has 1 saturated heterocycles. The van der Waals surface area contributed by atoms with Gasteiger partial charge in [0.15, 0.2) is 0 Å². The second kappa shape index (κ2) is 8.78. The normalized spacial score (nSPS) is 26.6. The second-order valence-corrected chi connectivity index (χ2v) is 9.67. The highest BCUT2D eigenvalue weighted by molar-refractivity contribution is 5.98. The van der Waals surface area contributed by atoms with Crippen LogP contribution in [0, 0.1) is 18.8 Å². The molecule has 33 heavy (non-hydrogen) atoms. The number of benzene rings is 1. The average molecular weight is 449 g/mol. The van der Waals surface area contributed by atoms with Crippen LogP contribution in [0.3, 0.4) is 0 Å². The summed E-state index contributed by atoms with van der Waals surface area (Å²) in [5.74, 6) is 1.43. The molecule has 0 radical (unpaired) electrons. The maximum atomic E-state index is 13.0. The van der Waals surface area contributed by atoms with Crippen molar-refractivity contribution >= 4 is 23.3 Å². The van der Waals surface area contributed by atoms with Crippen LogP contribution in [0.1, 0.15) is 60.8 Å². The Morgan fingerprint density at radius 3 is 2.64 bits per heavy atom. The molecule has 174 valence electrons. The van der Waals surface area contributed by atoms with Crippen LogP contribution >= 0.6 is 0 Å². The van der Waals surface area contributed by atoms with E-state index in [0.717, 1.165) is 42.0 Å². The number of nitrogens with one attached hydrogen (secondary N) is 2. The molecule has 2 aromatic rings. The van der Waals surface area contributed by atoms with E-state index < -0.39 is 0 Å². The fourth-order valence-electron chi connectivity index (χ4n) is 5.41. The zero-order chi connectivity index (χ0) is 23.1. The predicted molar refractivity (Wildman–Crippen MR) is 127 cm³/mol. The summed E-state index contributed by atoms with van der Waals surface area (Å²) in [7, 11) is 0. The summed E-state index contributed by atoms with van der Waals surface area (Å²) in [5, 5.41) is 6.72. The molecule has 5 rings (SSSR count). The molecule has 2 fully saturated rings. The number of aryl methyl sites for hydroxylation is 1. The van der Waals surface area contributed by atoms with E-state index in [9.17, 15) is 9.59 Å². The van der Waals surface area contributed by atoms with E-state index in [0.29, 0.717) is 24.7 Å². The van der Waals surface area contributed by atoms with Gasteiger partial charge in [-0.2, -0.15) is 0 Å². The maximum absolute atomic E-state index is 13.0. The number of anilines is 2. The molecule has 2 amide bonds. The standard InChI is InChI=1S/C26H32N4O3/c1-15-5-4-6-23(27-15)29-24-16(2)25(18-7-8-18)30(17(3)31)22-10-9-19(13-21(22)24)26(32)28-20-11-12-33-14-20/h4-6,9-10,13,16,18,20,24-25H,7-8,11-12,14H2,1-3H3,(H,27,29)(H,28,32)/t16-,20-,24-,25-/m1/s1. The Morgan fingerprint density at radius 1 is 1.15 bits per heavy atom. The van der Waals surface area contributed by atoms with E-state index in [2.05, 4.69) is 22.5 Å². The van der Waals surface area contributed by atoms with Crippen molar-refractivity contribution in [1.82, 2.24) is 10.3 Å². The molecule has 1 aliphatic carbocycles. The molecule has 3 heterocycles. The van der Waals surface area contributed by atoms with E-state index >= 15 is 0 Å². The molecule has 7 heteroatoms. The summed E-state index contributed by atoms with van der Waals surface area (Å²) in [4.78, 5) is 32.4. The summed E-state index contributed by atoms with van der Waals surface area (Å²) < 4.78 is 5.40. The Balaban J connectivity index is 1.54. The van der Waals surface area contributed by atoms with E-state index in [-0.39, 0.29) is 35.9 Å². The second-order valence-electron chi connectivity index (χ2n) is 9.67. The summed E-state index contributed by atoms with van der Waals surface area (Å²) in [6.45, 7) is 7.06. The van der Waals surface area contributed by atoms with Gasteiger partial charge < -0.3 is 20.3 Å². The number of rotatable bonds is 5. The van der Waals surface area contributed by atoms with Gasteiger partial charge in [0.1, 0.15) is 5.82 Å². The van der Waals surface area contributed by atoms with Gasteiger partial charge >= 0.3 is 0 Å². The molecule has 3 aliphatic rings. The molecule has 7 nitrogen and oxygen atoms in total. The van der Waals surface area contributed by atoms with Gasteiger partial charge in [0.25, 0.3) is 5.91 Å². The molecule has 0 bridgehead atoms. The first-order valence-corrected chi connectivity index (χ1v) is 11.9. The first kappa shape index (κ1) is 21.9. The van der Waals surface area contributed by atoms with Crippen molar-refractivity contribution in [2.75, 3.05) is 23.4 Å². The van der Waals surface area contributed by atoms with Crippen molar-refractivity contribution in [3.8, 4) is 0 Å². The topological polar surface area (TPSA) is 83.6 Å². The molecular formula is C26H32N4O3. The van der Waals surface area contributed by atoms with Crippen LogP contribution in [0.5, 0.6) is 0 Å². The van der Waals surface area contributed by atoms with Crippen LogP contribution in [0.25, 0.3) is 0 Å². The number of carbonyl (C=O) groups is 2. The van der Waals surface area contributed by atoms with E-state index in [1.807, 2.05) is 48.2 Å². The van der Waals surface area contributed by atoms with Gasteiger partial charge in [-0.3, -0.25) is 9.59 Å². The van der Waals surface area contributed by atoms with Gasteiger partial charge in [0.05, 0.1) is 18.7 Å². The van der Waals surface area contributed by atoms with Gasteiger partial charge in [0.2, 0.25) is 5.91 Å². The summed E-state index contributed by atoms with van der Waals surface area (Å²) >= 11 is 0. The van der Waals surface area contributed by atoms with Gasteiger partial charge in [-0.15, -0.1) is 0 Å². The van der Waals surface area contributed by atoms with Crippen molar-refractivity contribution in [1.29, 1.82) is 0 Å². The van der Waals surface area contributed by atoms with Gasteiger partial charge in [0, 0.05) is 42.4 Å². The molecule has 1 saturated carbocycles. The van der Waals surface area contributed by atoms with Crippen LogP contribution < -0.4 is 15.5 Å². The highest BCUT2D eigenvalue weighted by atomic mass is 16.5. The lowest BCUT2D eigenvalue weighted by Gasteiger charge is -2.46. The summed E-state index contributed by atoms with van der Waals surface area (Å²) in [6.07, 6.45) is 3.12. The summed E-state index contributed by atoms with van der Waals surface area (Å²) in [5.41, 5.74) is 3.40. The van der Waals surface area contributed by atoms with Crippen LogP contribution in [0.15, 0.2) is 36.4 Å². The van der Waals surface area contributed by atoms with Crippen molar-refractivity contribution in [2.24, 2.45) is 11.8 Å². The van der Waals surface area contributed by atoms with Crippen LogP contribution in [-0.4, -0.2) is 42.1 Å². The van der Waals surface area contributed by atoms with Gasteiger partial charge in [-0.05, 0) is 68.0 Å². The first-order chi connectivity index (χ1) is 15.9. The number of ether oxygens (including phenoxy) is 1. The molecule has 0 spiro atoms. The molecule has 2 N–H and O–H groups in total. The Morgan fingerprint density at radius 2 is 1.97 bits per heavy atom. The highest BCUT2D eigenvalue weighted by Crippen LogP contribution is 2.50. The predicted octanol–water partition coefficient (Wildman–Crippen LogP) is 3.84. The highest BCUT2D eigenvalue weighted by Gasteiger charge is 2.47. The third kappa shape index (κ3) is 4.34. The molecule has 4 atom stereocenters. The molecule has 2 aliphatic heterocycles. The van der Waals surface area contributed by atoms with Crippen molar-refractivity contribution in [3.63, 3.8) is 0 Å². The van der Waals surface area contributed by atoms with E-state index in [4.69, 9.17) is 4.74 Å². The molecule has 1 aromatic carbocycles. The van der Waals surface area contributed by atoms with E-state index in [1.54, 1.807) is 6.92 Å². The SMILES string of the molecule is CC(=O)N1c2ccc(C(=O)N[C@@H]3CCOC3)cc2[C@H](Nc2cccc(C)n2)[C@@H](C)[C@@H]1C1CC1. The number of hydrogen-bond acceptors (Lipinski definition) is 5. The Labute approximate surface area is 194 Å². The smallest absolute Gasteiger partial charge is 0.251 e. The maximum Gasteiger partial charge on any atom is 0.251 e. The Hall–Kier alpha value is -2.93. The monoisotopic (exact) mass is 448 g/mol. The van der Waals surface area contributed by atoms with Crippen LogP contribution in [0.2, 0.25) is 0 Å². The van der Waals surface area contributed by atoms with Crippen LogP contribution in [-0.2, 0) is 9.53 Å². The van der Waals surface area contributed by atoms with Crippen molar-refractivity contribution in [3.05, 3.63) is 53.2 Å². The summed E-state index contributed by atoms with van der Waals surface area (Å²) in [6, 6.07) is 11.8.